The molecule has 98 valence electrons. The predicted octanol–water partition coefficient (Wildman–Crippen LogP) is 3.29. The topological polar surface area (TPSA) is 57.5 Å². The molecule has 2 N–H and O–H groups in total. The Balaban J connectivity index is 2.47. The Bertz CT molecular complexity index is 501. The van der Waals surface area contributed by atoms with Gasteiger partial charge in [0, 0.05) is 17.5 Å². The third-order valence-electron chi connectivity index (χ3n) is 3.13. The van der Waals surface area contributed by atoms with Gasteiger partial charge in [0.15, 0.2) is 5.82 Å². The van der Waals surface area contributed by atoms with E-state index in [1.54, 1.807) is 0 Å². The van der Waals surface area contributed by atoms with Gasteiger partial charge < -0.3 is 10.2 Å². The van der Waals surface area contributed by atoms with E-state index in [4.69, 9.17) is 16.7 Å². The summed E-state index contributed by atoms with van der Waals surface area (Å²) in [5, 5.41) is 17.4. The molecular weight excluding hydrogens is 266 g/mol. The molecule has 1 saturated carbocycles. The van der Waals surface area contributed by atoms with Gasteiger partial charge in [0.05, 0.1) is 6.42 Å². The smallest absolute Gasteiger partial charge is 0.303 e. The van der Waals surface area contributed by atoms with Gasteiger partial charge in [-0.25, -0.2) is 8.78 Å². The molecule has 0 bridgehead atoms. The van der Waals surface area contributed by atoms with E-state index in [9.17, 15) is 18.7 Å². The Morgan fingerprint density at radius 1 is 1.50 bits per heavy atom. The zero-order valence-corrected chi connectivity index (χ0v) is 10.0. The van der Waals surface area contributed by atoms with Gasteiger partial charge in [0.1, 0.15) is 16.6 Å². The molecule has 3 nitrogen and oxygen atoms in total. The number of benzene rings is 1. The molecule has 0 radical (unpaired) electrons. The van der Waals surface area contributed by atoms with Crippen LogP contribution in [0.3, 0.4) is 0 Å². The molecule has 1 aliphatic rings. The number of aromatic hydroxyl groups is 1. The van der Waals surface area contributed by atoms with E-state index in [2.05, 4.69) is 0 Å². The van der Waals surface area contributed by atoms with Crippen molar-refractivity contribution in [1.29, 1.82) is 0 Å². The SMILES string of the molecule is O=C(O)CC(c1c(F)cc(O)c(Cl)c1F)C1CC1. The second kappa shape index (κ2) is 4.72. The molecule has 1 aromatic rings. The summed E-state index contributed by atoms with van der Waals surface area (Å²) in [4.78, 5) is 10.8. The molecule has 0 heterocycles. The first-order valence-corrected chi connectivity index (χ1v) is 5.87. The average Bonchev–Trinajstić information content (AvgIpc) is 3.08. The van der Waals surface area contributed by atoms with Crippen LogP contribution >= 0.6 is 11.6 Å². The van der Waals surface area contributed by atoms with Crippen LogP contribution in [0.2, 0.25) is 5.02 Å². The molecule has 0 aromatic heterocycles. The lowest BCUT2D eigenvalue weighted by Gasteiger charge is -2.17. The minimum absolute atomic E-state index is 0.0364. The summed E-state index contributed by atoms with van der Waals surface area (Å²) in [7, 11) is 0. The molecule has 1 fully saturated rings. The van der Waals surface area contributed by atoms with Gasteiger partial charge in [-0.05, 0) is 18.8 Å². The van der Waals surface area contributed by atoms with E-state index < -0.39 is 34.3 Å². The molecule has 1 atom stereocenters. The minimum atomic E-state index is -1.12. The van der Waals surface area contributed by atoms with Crippen molar-refractivity contribution in [3.8, 4) is 5.75 Å². The number of halogens is 3. The van der Waals surface area contributed by atoms with Gasteiger partial charge in [-0.1, -0.05) is 11.6 Å². The first kappa shape index (κ1) is 13.1. The Morgan fingerprint density at radius 3 is 2.61 bits per heavy atom. The summed E-state index contributed by atoms with van der Waals surface area (Å²) in [6, 6.07) is 0.720. The Kier molecular flexibility index (Phi) is 3.43. The molecular formula is C12H11ClF2O3. The summed E-state index contributed by atoms with van der Waals surface area (Å²) >= 11 is 5.52. The number of carboxylic acids is 1. The standard InChI is InChI=1S/C12H11ClF2O3/c13-11-8(16)4-7(14)10(12(11)15)6(3-9(17)18)5-1-2-5/h4-6,16H,1-3H2,(H,17,18). The monoisotopic (exact) mass is 276 g/mol. The number of phenolic OH excluding ortho intramolecular Hbond substituents is 1. The summed E-state index contributed by atoms with van der Waals surface area (Å²) in [6.45, 7) is 0. The van der Waals surface area contributed by atoms with Crippen molar-refractivity contribution in [2.24, 2.45) is 5.92 Å². The maximum absolute atomic E-state index is 13.9. The second-order valence-electron chi connectivity index (χ2n) is 4.46. The number of carbonyl (C=O) groups is 1. The fraction of sp³-hybridized carbons (Fsp3) is 0.417. The van der Waals surface area contributed by atoms with Crippen LogP contribution in [-0.2, 0) is 4.79 Å². The molecule has 1 aromatic carbocycles. The van der Waals surface area contributed by atoms with Crippen LogP contribution in [-0.4, -0.2) is 16.2 Å². The molecule has 1 aliphatic carbocycles. The van der Waals surface area contributed by atoms with Crippen LogP contribution < -0.4 is 0 Å². The van der Waals surface area contributed by atoms with Crippen molar-refractivity contribution in [3.05, 3.63) is 28.3 Å². The number of phenols is 1. The van der Waals surface area contributed by atoms with Crippen molar-refractivity contribution in [2.75, 3.05) is 0 Å². The lowest BCUT2D eigenvalue weighted by Crippen LogP contribution is -2.12. The largest absolute Gasteiger partial charge is 0.506 e. The Hall–Kier alpha value is -1.36. The van der Waals surface area contributed by atoms with Crippen molar-refractivity contribution in [3.63, 3.8) is 0 Å². The number of hydrogen-bond donors (Lipinski definition) is 2. The van der Waals surface area contributed by atoms with Gasteiger partial charge in [-0.15, -0.1) is 0 Å². The maximum Gasteiger partial charge on any atom is 0.303 e. The van der Waals surface area contributed by atoms with Crippen LogP contribution in [0.4, 0.5) is 8.78 Å². The highest BCUT2D eigenvalue weighted by molar-refractivity contribution is 6.32. The van der Waals surface area contributed by atoms with Crippen LogP contribution in [0.5, 0.6) is 5.75 Å². The van der Waals surface area contributed by atoms with Crippen LogP contribution in [0.15, 0.2) is 6.07 Å². The zero-order chi connectivity index (χ0) is 13.4. The van der Waals surface area contributed by atoms with Crippen molar-refractivity contribution in [1.82, 2.24) is 0 Å². The van der Waals surface area contributed by atoms with Crippen LogP contribution in [0, 0.1) is 17.6 Å². The highest BCUT2D eigenvalue weighted by Crippen LogP contribution is 2.47. The molecule has 18 heavy (non-hydrogen) atoms. The lowest BCUT2D eigenvalue weighted by atomic mass is 9.90. The normalized spacial score (nSPS) is 16.6. The van der Waals surface area contributed by atoms with Gasteiger partial charge in [0.25, 0.3) is 0 Å². The molecule has 0 spiro atoms. The van der Waals surface area contributed by atoms with E-state index in [-0.39, 0.29) is 17.9 Å². The number of aliphatic carboxylic acids is 1. The van der Waals surface area contributed by atoms with Crippen molar-refractivity contribution in [2.45, 2.75) is 25.2 Å². The fourth-order valence-electron chi connectivity index (χ4n) is 2.13. The quantitative estimate of drug-likeness (QED) is 0.830. The van der Waals surface area contributed by atoms with Crippen LogP contribution in [0.1, 0.15) is 30.7 Å². The molecule has 0 aliphatic heterocycles. The highest BCUT2D eigenvalue weighted by Gasteiger charge is 2.37. The summed E-state index contributed by atoms with van der Waals surface area (Å²) in [6.07, 6.45) is 1.14. The van der Waals surface area contributed by atoms with Gasteiger partial charge >= 0.3 is 5.97 Å². The third kappa shape index (κ3) is 2.41. The zero-order valence-electron chi connectivity index (χ0n) is 9.29. The number of rotatable bonds is 4. The lowest BCUT2D eigenvalue weighted by molar-refractivity contribution is -0.137. The van der Waals surface area contributed by atoms with E-state index in [0.29, 0.717) is 0 Å². The van der Waals surface area contributed by atoms with Crippen molar-refractivity contribution < 1.29 is 23.8 Å². The van der Waals surface area contributed by atoms with E-state index in [0.717, 1.165) is 18.9 Å². The van der Waals surface area contributed by atoms with Gasteiger partial charge in [0.2, 0.25) is 0 Å². The Labute approximate surface area is 107 Å². The third-order valence-corrected chi connectivity index (χ3v) is 3.49. The molecule has 2 rings (SSSR count). The molecule has 6 heteroatoms. The van der Waals surface area contributed by atoms with Gasteiger partial charge in [-0.2, -0.15) is 0 Å². The second-order valence-corrected chi connectivity index (χ2v) is 4.84. The number of hydrogen-bond acceptors (Lipinski definition) is 2. The predicted molar refractivity (Wildman–Crippen MR) is 60.8 cm³/mol. The molecule has 0 saturated heterocycles. The van der Waals surface area contributed by atoms with Crippen LogP contribution in [0.25, 0.3) is 0 Å². The van der Waals surface area contributed by atoms with Crippen molar-refractivity contribution >= 4 is 17.6 Å². The van der Waals surface area contributed by atoms with E-state index >= 15 is 0 Å². The maximum atomic E-state index is 13.9. The minimum Gasteiger partial charge on any atom is -0.506 e. The van der Waals surface area contributed by atoms with E-state index in [1.807, 2.05) is 0 Å². The first-order chi connectivity index (χ1) is 8.41. The molecule has 1 unspecified atom stereocenters. The first-order valence-electron chi connectivity index (χ1n) is 5.50. The summed E-state index contributed by atoms with van der Waals surface area (Å²) in [5.74, 6) is -4.58. The van der Waals surface area contributed by atoms with E-state index in [1.165, 1.54) is 0 Å². The summed E-state index contributed by atoms with van der Waals surface area (Å²) in [5.41, 5.74) is -0.331. The number of carboxylic acid groups (broad SMARTS) is 1. The fourth-order valence-corrected chi connectivity index (χ4v) is 2.28. The van der Waals surface area contributed by atoms with Gasteiger partial charge in [-0.3, -0.25) is 4.79 Å². The Morgan fingerprint density at radius 2 is 2.11 bits per heavy atom. The molecule has 0 amide bonds. The average molecular weight is 277 g/mol. The summed E-state index contributed by atoms with van der Waals surface area (Å²) < 4.78 is 27.6. The highest BCUT2D eigenvalue weighted by atomic mass is 35.5.